The van der Waals surface area contributed by atoms with E-state index in [0.717, 1.165) is 0 Å². The average molecular weight is 601 g/mol. The summed E-state index contributed by atoms with van der Waals surface area (Å²) in [6.45, 7) is 3.80. The van der Waals surface area contributed by atoms with Gasteiger partial charge in [0.2, 0.25) is 0 Å². The van der Waals surface area contributed by atoms with E-state index in [9.17, 15) is 23.2 Å². The van der Waals surface area contributed by atoms with Crippen molar-refractivity contribution in [3.8, 4) is 28.7 Å². The zero-order chi connectivity index (χ0) is 25.1. The van der Waals surface area contributed by atoms with Crippen LogP contribution in [0.3, 0.4) is 0 Å². The molecule has 1 unspecified atom stereocenters. The molecule has 3 rings (SSSR count). The van der Waals surface area contributed by atoms with Crippen molar-refractivity contribution in [3.63, 3.8) is 0 Å². The quantitative estimate of drug-likeness (QED) is 0.159. The molecule has 0 aliphatic carbocycles. The molecule has 2 aromatic rings. The van der Waals surface area contributed by atoms with Crippen LogP contribution >= 0.6 is 28.5 Å². The van der Waals surface area contributed by atoms with Crippen LogP contribution in [0, 0.1) is 11.3 Å². The Hall–Kier alpha value is -2.42. The van der Waals surface area contributed by atoms with Gasteiger partial charge in [-0.1, -0.05) is 18.7 Å². The lowest BCUT2D eigenvalue weighted by Crippen LogP contribution is -2.35. The summed E-state index contributed by atoms with van der Waals surface area (Å²) in [5.74, 6) is -0.358. The van der Waals surface area contributed by atoms with Gasteiger partial charge in [0.15, 0.2) is 0 Å². The molecular formula is C20H18B2F3IN3O4P. The Kier molecular flexibility index (Phi) is 8.06. The van der Waals surface area contributed by atoms with Crippen molar-refractivity contribution < 1.29 is 32.1 Å². The summed E-state index contributed by atoms with van der Waals surface area (Å²) in [4.78, 5) is 12.0. The van der Waals surface area contributed by atoms with Crippen molar-refractivity contribution in [1.29, 1.82) is 5.26 Å². The van der Waals surface area contributed by atoms with Crippen molar-refractivity contribution in [3.05, 3.63) is 53.6 Å². The Morgan fingerprint density at radius 3 is 2.62 bits per heavy atom. The van der Waals surface area contributed by atoms with Crippen LogP contribution in [0.4, 0.5) is 18.9 Å². The summed E-state index contributed by atoms with van der Waals surface area (Å²) in [5.41, 5.74) is 5.08. The van der Waals surface area contributed by atoms with Gasteiger partial charge in [-0.2, -0.15) is 5.26 Å². The van der Waals surface area contributed by atoms with Crippen LogP contribution in [0.2, 0.25) is 0 Å². The lowest BCUT2D eigenvalue weighted by Gasteiger charge is -2.19. The van der Waals surface area contributed by atoms with Gasteiger partial charge in [0, 0.05) is 35.1 Å². The molecule has 2 aromatic carbocycles. The Balaban J connectivity index is 1.97. The summed E-state index contributed by atoms with van der Waals surface area (Å²) in [5, 5.41) is 12.3. The van der Waals surface area contributed by atoms with Gasteiger partial charge >= 0.3 is 6.36 Å². The van der Waals surface area contributed by atoms with E-state index in [-0.39, 0.29) is 24.3 Å². The summed E-state index contributed by atoms with van der Waals surface area (Å²) in [6.07, 6.45) is -4.34. The van der Waals surface area contributed by atoms with Crippen LogP contribution in [0.25, 0.3) is 11.1 Å². The third kappa shape index (κ3) is 6.37. The fourth-order valence-corrected chi connectivity index (χ4v) is 3.94. The van der Waals surface area contributed by atoms with Gasteiger partial charge in [-0.3, -0.25) is 4.79 Å². The Morgan fingerprint density at radius 2 is 2.03 bits per heavy atom. The predicted octanol–water partition coefficient (Wildman–Crippen LogP) is 2.94. The predicted molar refractivity (Wildman–Crippen MR) is 137 cm³/mol. The SMILES string of the molecule is BC1(B)Cc2c(C#N)c(NCC(=C)C(=O)NOPI)cc(-c3ccc(OC(F)(F)F)cc3)c2O1. The van der Waals surface area contributed by atoms with E-state index in [4.69, 9.17) is 9.36 Å². The number of benzene rings is 2. The molecule has 34 heavy (non-hydrogen) atoms. The third-order valence-corrected chi connectivity index (χ3v) is 5.71. The summed E-state index contributed by atoms with van der Waals surface area (Å²) < 4.78 is 52.5. The fourth-order valence-electron chi connectivity index (χ4n) is 3.48. The number of rotatable bonds is 8. The number of nitrogens with one attached hydrogen (secondary N) is 2. The number of hydrogen-bond acceptors (Lipinski definition) is 6. The molecule has 0 saturated carbocycles. The molecule has 0 spiro atoms. The molecule has 1 heterocycles. The molecule has 1 aliphatic heterocycles. The van der Waals surface area contributed by atoms with Crippen LogP contribution in [-0.4, -0.2) is 39.9 Å². The lowest BCUT2D eigenvalue weighted by atomic mass is 9.63. The maximum atomic E-state index is 12.5. The van der Waals surface area contributed by atoms with Gasteiger partial charge in [0.1, 0.15) is 39.7 Å². The molecule has 0 saturated heterocycles. The molecule has 0 radical (unpaired) electrons. The van der Waals surface area contributed by atoms with E-state index in [1.54, 1.807) is 6.07 Å². The second kappa shape index (κ2) is 10.5. The van der Waals surface area contributed by atoms with E-state index in [0.29, 0.717) is 40.1 Å². The van der Waals surface area contributed by atoms with Crippen LogP contribution in [0.5, 0.6) is 11.5 Å². The minimum atomic E-state index is -4.79. The first-order chi connectivity index (χ1) is 15.9. The molecule has 1 atom stereocenters. The first kappa shape index (κ1) is 26.2. The molecule has 0 bridgehead atoms. The highest BCUT2D eigenvalue weighted by Gasteiger charge is 2.35. The monoisotopic (exact) mass is 601 g/mol. The van der Waals surface area contributed by atoms with Gasteiger partial charge < -0.3 is 14.8 Å². The molecule has 7 nitrogen and oxygen atoms in total. The second-order valence-electron chi connectivity index (χ2n) is 7.94. The number of halogens is 4. The first-order valence-electron chi connectivity index (χ1n) is 9.82. The van der Waals surface area contributed by atoms with Gasteiger partial charge in [0.05, 0.1) is 11.3 Å². The standard InChI is InChI=1S/C20H18B2F3IN3O4P/c1-10(18(30)29-33-34-26)9-28-16-6-13(11-2-4-12(5-3-11)31-20(23,24)25)17-14(15(16)8-27)7-19(21,22)32-17/h2-6,28,34H,1,7,9,21-22H2,(H,29,30). The average Bonchev–Trinajstić information content (AvgIpc) is 3.09. The number of anilines is 1. The Bertz CT molecular complexity index is 1160. The van der Waals surface area contributed by atoms with Gasteiger partial charge in [-0.05, 0) is 45.8 Å². The van der Waals surface area contributed by atoms with E-state index in [2.05, 4.69) is 28.2 Å². The molecule has 1 amide bonds. The number of alkyl halides is 3. The van der Waals surface area contributed by atoms with E-state index < -0.39 is 17.7 Å². The maximum absolute atomic E-state index is 12.5. The van der Waals surface area contributed by atoms with Crippen molar-refractivity contribution in [2.45, 2.75) is 18.2 Å². The van der Waals surface area contributed by atoms with Crippen molar-refractivity contribution in [2.75, 3.05) is 11.9 Å². The topological polar surface area (TPSA) is 92.6 Å². The number of fused-ring (bicyclic) bond motifs is 1. The molecule has 2 N–H and O–H groups in total. The van der Waals surface area contributed by atoms with Gasteiger partial charge in [-0.25, -0.2) is 10.1 Å². The summed E-state index contributed by atoms with van der Waals surface area (Å²) >= 11 is 1.96. The highest BCUT2D eigenvalue weighted by atomic mass is 127. The van der Waals surface area contributed by atoms with Gasteiger partial charge in [-0.15, -0.1) is 13.2 Å². The minimum absolute atomic E-state index is 0.0368. The number of carbonyl (C=O) groups is 1. The van der Waals surface area contributed by atoms with E-state index >= 15 is 0 Å². The number of ether oxygens (including phenoxy) is 2. The normalized spacial score (nSPS) is 14.2. The maximum Gasteiger partial charge on any atom is 0.573 e. The van der Waals surface area contributed by atoms with Crippen molar-refractivity contribution >= 4 is 55.8 Å². The molecule has 176 valence electrons. The number of hydroxylamine groups is 1. The van der Waals surface area contributed by atoms with E-state index in [1.807, 2.05) is 37.7 Å². The highest BCUT2D eigenvalue weighted by molar-refractivity contribution is 14.2. The number of nitrogens with zero attached hydrogens (tertiary/aromatic N) is 1. The smallest absolute Gasteiger partial charge is 0.504 e. The number of amides is 1. The fraction of sp³-hybridized carbons (Fsp3) is 0.200. The Labute approximate surface area is 210 Å². The summed E-state index contributed by atoms with van der Waals surface area (Å²) in [7, 11) is 3.76. The minimum Gasteiger partial charge on any atom is -0.504 e. The van der Waals surface area contributed by atoms with Crippen LogP contribution in [0.1, 0.15) is 11.1 Å². The Morgan fingerprint density at radius 1 is 1.35 bits per heavy atom. The van der Waals surface area contributed by atoms with Crippen molar-refractivity contribution in [2.24, 2.45) is 0 Å². The van der Waals surface area contributed by atoms with E-state index in [1.165, 1.54) is 24.3 Å². The summed E-state index contributed by atoms with van der Waals surface area (Å²) in [6, 6.07) is 9.25. The number of nitriles is 1. The molecule has 0 aromatic heterocycles. The first-order valence-corrected chi connectivity index (χ1v) is 13.8. The molecular weight excluding hydrogens is 583 g/mol. The van der Waals surface area contributed by atoms with Crippen LogP contribution in [0.15, 0.2) is 42.5 Å². The van der Waals surface area contributed by atoms with Crippen molar-refractivity contribution in [1.82, 2.24) is 5.48 Å². The number of carbonyl (C=O) groups excluding carboxylic acids is 1. The zero-order valence-electron chi connectivity index (χ0n) is 18.1. The largest absolute Gasteiger partial charge is 0.573 e. The number of hydrogen-bond donors (Lipinski definition) is 2. The lowest BCUT2D eigenvalue weighted by molar-refractivity contribution is -0.274. The molecule has 1 aliphatic rings. The van der Waals surface area contributed by atoms with Crippen LogP contribution < -0.4 is 20.3 Å². The second-order valence-corrected chi connectivity index (χ2v) is 9.62. The van der Waals surface area contributed by atoms with Gasteiger partial charge in [0.25, 0.3) is 5.91 Å². The molecule has 0 fully saturated rings. The third-order valence-electron chi connectivity index (χ3n) is 4.87. The highest BCUT2D eigenvalue weighted by Crippen LogP contribution is 2.45. The zero-order valence-corrected chi connectivity index (χ0v) is 21.3. The van der Waals surface area contributed by atoms with Crippen LogP contribution in [-0.2, 0) is 15.8 Å². The molecule has 14 heteroatoms.